The third-order valence-electron chi connectivity index (χ3n) is 3.77. The summed E-state index contributed by atoms with van der Waals surface area (Å²) in [5.74, 6) is 2.64. The number of carbonyl (C=O) groups is 1. The molecule has 0 radical (unpaired) electrons. The fourth-order valence-electron chi connectivity index (χ4n) is 2.96. The highest BCUT2D eigenvalue weighted by atomic mass is 32.2. The van der Waals surface area contributed by atoms with Crippen molar-refractivity contribution in [3.8, 4) is 0 Å². The number of thioether (sulfide) groups is 2. The summed E-state index contributed by atoms with van der Waals surface area (Å²) in [7, 11) is 0. The molecule has 2 nitrogen and oxygen atoms in total. The summed E-state index contributed by atoms with van der Waals surface area (Å²) >= 11 is 4.03. The Hall–Kier alpha value is -0.870. The van der Waals surface area contributed by atoms with Crippen LogP contribution in [-0.4, -0.2) is 22.0 Å². The maximum atomic E-state index is 12.2. The third-order valence-corrected chi connectivity index (χ3v) is 7.31. The van der Waals surface area contributed by atoms with Crippen LogP contribution in [0, 0.1) is 0 Å². The lowest BCUT2D eigenvalue weighted by Crippen LogP contribution is -2.30. The van der Waals surface area contributed by atoms with E-state index in [4.69, 9.17) is 0 Å². The monoisotopic (exact) mass is 275 g/mol. The average Bonchev–Trinajstić information content (AvgIpc) is 3.00. The lowest BCUT2D eigenvalue weighted by atomic mass is 10.1. The van der Waals surface area contributed by atoms with E-state index in [0.717, 1.165) is 11.9 Å². The van der Waals surface area contributed by atoms with Crippen molar-refractivity contribution in [1.29, 1.82) is 0 Å². The highest BCUT2D eigenvalue weighted by Crippen LogP contribution is 2.57. The van der Waals surface area contributed by atoms with Crippen LogP contribution in [0.3, 0.4) is 0 Å². The summed E-state index contributed by atoms with van der Waals surface area (Å²) < 4.78 is 2.09. The molecule has 2 aliphatic rings. The quantitative estimate of drug-likeness (QED) is 0.731. The maximum absolute atomic E-state index is 12.2. The van der Waals surface area contributed by atoms with Gasteiger partial charge in [0.15, 0.2) is 0 Å². The summed E-state index contributed by atoms with van der Waals surface area (Å²) in [5.41, 5.74) is 2.29. The largest absolute Gasteiger partial charge is 0.282 e. The fourth-order valence-corrected chi connectivity index (χ4v) is 6.21. The topological polar surface area (TPSA) is 22.0 Å². The van der Waals surface area contributed by atoms with Crippen LogP contribution < -0.4 is 0 Å². The molecule has 1 fully saturated rings. The molecule has 0 amide bonds. The first kappa shape index (κ1) is 11.0. The number of benzene rings is 1. The Labute approximate surface area is 114 Å². The van der Waals surface area contributed by atoms with Crippen molar-refractivity contribution in [3.05, 3.63) is 36.0 Å². The molecule has 0 unspecified atom stereocenters. The Morgan fingerprint density at radius 1 is 1.17 bits per heavy atom. The first-order valence-electron chi connectivity index (χ1n) is 6.22. The Morgan fingerprint density at radius 3 is 2.78 bits per heavy atom. The van der Waals surface area contributed by atoms with Crippen LogP contribution in [0.1, 0.15) is 23.3 Å². The second-order valence-corrected chi connectivity index (χ2v) is 7.81. The van der Waals surface area contributed by atoms with Gasteiger partial charge < -0.3 is 0 Å². The minimum atomic E-state index is 0.132. The van der Waals surface area contributed by atoms with E-state index in [1.165, 1.54) is 22.6 Å². The number of hydrogen-bond acceptors (Lipinski definition) is 3. The zero-order valence-electron chi connectivity index (χ0n) is 9.89. The van der Waals surface area contributed by atoms with E-state index in [1.54, 1.807) is 0 Å². The van der Waals surface area contributed by atoms with Gasteiger partial charge in [0, 0.05) is 23.3 Å². The molecule has 2 aromatic rings. The summed E-state index contributed by atoms with van der Waals surface area (Å²) in [6, 6.07) is 10.4. The van der Waals surface area contributed by atoms with E-state index < -0.39 is 0 Å². The number of aromatic nitrogens is 1. The number of para-hydroxylation sites is 1. The molecule has 1 aromatic carbocycles. The van der Waals surface area contributed by atoms with E-state index >= 15 is 0 Å². The molecule has 0 bridgehead atoms. The van der Waals surface area contributed by atoms with E-state index in [9.17, 15) is 4.79 Å². The second kappa shape index (κ2) is 3.81. The number of carbonyl (C=O) groups excluding carboxylic acids is 1. The van der Waals surface area contributed by atoms with Crippen molar-refractivity contribution in [1.82, 2.24) is 4.57 Å². The molecule has 18 heavy (non-hydrogen) atoms. The smallest absolute Gasteiger partial charge is 0.231 e. The van der Waals surface area contributed by atoms with Gasteiger partial charge >= 0.3 is 0 Å². The van der Waals surface area contributed by atoms with Crippen LogP contribution in [0.5, 0.6) is 0 Å². The molecule has 4 heteroatoms. The number of hydrogen-bond donors (Lipinski definition) is 0. The first-order valence-corrected chi connectivity index (χ1v) is 8.19. The number of nitrogens with zero attached hydrogens (tertiary/aromatic N) is 1. The summed E-state index contributed by atoms with van der Waals surface area (Å²) in [5, 5.41) is 1.19. The minimum absolute atomic E-state index is 0.132. The Kier molecular flexibility index (Phi) is 2.33. The molecule has 1 saturated heterocycles. The van der Waals surface area contributed by atoms with Gasteiger partial charge in [-0.15, -0.1) is 23.5 Å². The minimum Gasteiger partial charge on any atom is -0.282 e. The van der Waals surface area contributed by atoms with E-state index in [1.807, 2.05) is 40.2 Å². The molecular formula is C14H13NOS2. The summed E-state index contributed by atoms with van der Waals surface area (Å²) in [4.78, 5) is 12.2. The third kappa shape index (κ3) is 1.36. The van der Waals surface area contributed by atoms with Crippen LogP contribution in [0.15, 0.2) is 30.3 Å². The van der Waals surface area contributed by atoms with Gasteiger partial charge in [-0.2, -0.15) is 0 Å². The van der Waals surface area contributed by atoms with Crippen LogP contribution in [0.4, 0.5) is 0 Å². The highest BCUT2D eigenvalue weighted by molar-refractivity contribution is 8.20. The summed E-state index contributed by atoms with van der Waals surface area (Å²) in [6.07, 6.45) is 1.66. The van der Waals surface area contributed by atoms with E-state index in [0.29, 0.717) is 6.42 Å². The van der Waals surface area contributed by atoms with E-state index in [-0.39, 0.29) is 9.99 Å². The average molecular weight is 275 g/mol. The van der Waals surface area contributed by atoms with Crippen LogP contribution >= 0.6 is 23.5 Å². The second-order valence-electron chi connectivity index (χ2n) is 4.77. The number of rotatable bonds is 0. The Balaban J connectivity index is 2.04. The molecule has 0 aliphatic carbocycles. The van der Waals surface area contributed by atoms with Gasteiger partial charge in [-0.1, -0.05) is 18.2 Å². The van der Waals surface area contributed by atoms with Gasteiger partial charge in [0.2, 0.25) is 5.91 Å². The molecule has 3 heterocycles. The van der Waals surface area contributed by atoms with Crippen molar-refractivity contribution in [2.45, 2.75) is 16.9 Å². The molecule has 2 aliphatic heterocycles. The van der Waals surface area contributed by atoms with Gasteiger partial charge in [0.1, 0.15) is 4.08 Å². The molecule has 4 rings (SSSR count). The van der Waals surface area contributed by atoms with Gasteiger partial charge in [-0.25, -0.2) is 0 Å². The van der Waals surface area contributed by atoms with Gasteiger partial charge in [0.05, 0.1) is 11.2 Å². The van der Waals surface area contributed by atoms with Crippen LogP contribution in [0.2, 0.25) is 0 Å². The van der Waals surface area contributed by atoms with E-state index in [2.05, 4.69) is 18.2 Å². The molecular weight excluding hydrogens is 262 g/mol. The standard InChI is InChI=1S/C14H13NOS2/c16-13-5-6-14(17-7-8-18-14)12-9-10-3-1-2-4-11(10)15(12)13/h1-4,9H,5-8H2. The molecule has 1 aromatic heterocycles. The predicted octanol–water partition coefficient (Wildman–Crippen LogP) is 3.71. The van der Waals surface area contributed by atoms with Gasteiger partial charge in [-0.05, 0) is 18.6 Å². The van der Waals surface area contributed by atoms with Crippen molar-refractivity contribution >= 4 is 40.3 Å². The number of fused-ring (bicyclic) bond motifs is 4. The van der Waals surface area contributed by atoms with Gasteiger partial charge in [0.25, 0.3) is 0 Å². The Bertz CT molecular complexity index is 640. The molecule has 0 N–H and O–H groups in total. The van der Waals surface area contributed by atoms with Crippen LogP contribution in [-0.2, 0) is 4.08 Å². The van der Waals surface area contributed by atoms with Crippen molar-refractivity contribution in [3.63, 3.8) is 0 Å². The highest BCUT2D eigenvalue weighted by Gasteiger charge is 2.44. The van der Waals surface area contributed by atoms with Crippen molar-refractivity contribution < 1.29 is 4.79 Å². The molecule has 0 atom stereocenters. The summed E-state index contributed by atoms with van der Waals surface area (Å²) in [6.45, 7) is 0. The maximum Gasteiger partial charge on any atom is 0.231 e. The SMILES string of the molecule is O=C1CCC2(SCCS2)c2cc3ccccc3n21. The molecule has 0 saturated carbocycles. The normalized spacial score (nSPS) is 21.7. The molecule has 1 spiro atoms. The lowest BCUT2D eigenvalue weighted by molar-refractivity contribution is 0.0886. The molecule has 92 valence electrons. The van der Waals surface area contributed by atoms with Crippen molar-refractivity contribution in [2.75, 3.05) is 11.5 Å². The van der Waals surface area contributed by atoms with Crippen LogP contribution in [0.25, 0.3) is 10.9 Å². The predicted molar refractivity (Wildman–Crippen MR) is 78.4 cm³/mol. The first-order chi connectivity index (χ1) is 8.80. The fraction of sp³-hybridized carbons (Fsp3) is 0.357. The zero-order chi connectivity index (χ0) is 12.2. The zero-order valence-corrected chi connectivity index (χ0v) is 11.5. The van der Waals surface area contributed by atoms with Gasteiger partial charge in [-0.3, -0.25) is 9.36 Å². The Morgan fingerprint density at radius 2 is 1.94 bits per heavy atom. The van der Waals surface area contributed by atoms with Crippen molar-refractivity contribution in [2.24, 2.45) is 0 Å². The lowest BCUT2D eigenvalue weighted by Gasteiger charge is -2.32.